The van der Waals surface area contributed by atoms with Crippen molar-refractivity contribution in [3.05, 3.63) is 94.3 Å². The summed E-state index contributed by atoms with van der Waals surface area (Å²) in [5, 5.41) is 0. The van der Waals surface area contributed by atoms with Crippen molar-refractivity contribution in [2.45, 2.75) is 26.6 Å². The normalized spacial score (nSPS) is 16.3. The van der Waals surface area contributed by atoms with E-state index in [2.05, 4.69) is 39.0 Å². The number of rotatable bonds is 9. The number of methoxy groups -OCH3 is 1. The third-order valence-corrected chi connectivity index (χ3v) is 7.03. The number of carbonyl (C=O) groups is 2. The van der Waals surface area contributed by atoms with E-state index >= 15 is 0 Å². The molecule has 8 heteroatoms. The van der Waals surface area contributed by atoms with E-state index in [9.17, 15) is 9.59 Å². The van der Waals surface area contributed by atoms with Crippen molar-refractivity contribution >= 4 is 11.8 Å². The van der Waals surface area contributed by atoms with Crippen LogP contribution < -0.4 is 4.74 Å². The van der Waals surface area contributed by atoms with Crippen LogP contribution in [-0.4, -0.2) is 71.6 Å². The van der Waals surface area contributed by atoms with Gasteiger partial charge in [0.15, 0.2) is 6.79 Å². The van der Waals surface area contributed by atoms with Crippen molar-refractivity contribution in [2.24, 2.45) is 0 Å². The molecule has 37 heavy (non-hydrogen) atoms. The lowest BCUT2D eigenvalue weighted by molar-refractivity contribution is 0.0482. The van der Waals surface area contributed by atoms with Crippen molar-refractivity contribution in [3.63, 3.8) is 0 Å². The molecule has 192 valence electrons. The van der Waals surface area contributed by atoms with Gasteiger partial charge < -0.3 is 9.47 Å². The molecule has 3 aromatic rings. The Morgan fingerprint density at radius 2 is 1.41 bits per heavy atom. The Bertz CT molecular complexity index is 1240. The molecular formula is C29H32N4O4. The Labute approximate surface area is 217 Å². The summed E-state index contributed by atoms with van der Waals surface area (Å²) < 4.78 is 11.1. The number of pyridine rings is 1. The molecule has 0 N–H and O–H groups in total. The van der Waals surface area contributed by atoms with Crippen molar-refractivity contribution in [2.75, 3.05) is 40.1 Å². The van der Waals surface area contributed by atoms with Crippen LogP contribution in [0.5, 0.6) is 5.75 Å². The van der Waals surface area contributed by atoms with Crippen molar-refractivity contribution in [1.82, 2.24) is 19.7 Å². The van der Waals surface area contributed by atoms with Gasteiger partial charge >= 0.3 is 0 Å². The van der Waals surface area contributed by atoms with Gasteiger partial charge in [0.1, 0.15) is 5.75 Å². The Balaban J connectivity index is 1.34. The molecule has 1 fully saturated rings. The van der Waals surface area contributed by atoms with Crippen LogP contribution in [0.3, 0.4) is 0 Å². The van der Waals surface area contributed by atoms with Crippen LogP contribution in [0.15, 0.2) is 60.8 Å². The highest BCUT2D eigenvalue weighted by Crippen LogP contribution is 2.32. The highest BCUT2D eigenvalue weighted by atomic mass is 16.7. The van der Waals surface area contributed by atoms with Crippen LogP contribution in [0, 0.1) is 6.92 Å². The van der Waals surface area contributed by atoms with Gasteiger partial charge in [0.05, 0.1) is 23.4 Å². The molecule has 2 aliphatic rings. The minimum Gasteiger partial charge on any atom is -0.465 e. The molecule has 0 bridgehead atoms. The van der Waals surface area contributed by atoms with Gasteiger partial charge in [0, 0.05) is 58.1 Å². The number of hydrogen-bond acceptors (Lipinski definition) is 7. The van der Waals surface area contributed by atoms with E-state index in [1.165, 1.54) is 10.5 Å². The molecule has 5 rings (SSSR count). The van der Waals surface area contributed by atoms with E-state index in [0.717, 1.165) is 43.9 Å². The summed E-state index contributed by atoms with van der Waals surface area (Å²) >= 11 is 0. The van der Waals surface area contributed by atoms with Crippen molar-refractivity contribution in [3.8, 4) is 5.75 Å². The van der Waals surface area contributed by atoms with Gasteiger partial charge in [0.25, 0.3) is 11.8 Å². The number of benzene rings is 2. The molecule has 1 aromatic heterocycles. The molecule has 2 aliphatic heterocycles. The molecule has 1 saturated heterocycles. The lowest BCUT2D eigenvalue weighted by Gasteiger charge is -2.35. The molecule has 0 atom stereocenters. The Morgan fingerprint density at radius 3 is 2.03 bits per heavy atom. The van der Waals surface area contributed by atoms with Crippen molar-refractivity contribution < 1.29 is 19.1 Å². The second kappa shape index (κ2) is 11.2. The molecule has 0 aliphatic carbocycles. The Morgan fingerprint density at radius 1 is 0.811 bits per heavy atom. The first-order valence-electron chi connectivity index (χ1n) is 12.6. The van der Waals surface area contributed by atoms with E-state index in [4.69, 9.17) is 9.47 Å². The summed E-state index contributed by atoms with van der Waals surface area (Å²) in [6.45, 7) is 7.42. The first kappa shape index (κ1) is 25.1. The highest BCUT2D eigenvalue weighted by Gasteiger charge is 2.36. The molecule has 0 saturated carbocycles. The van der Waals surface area contributed by atoms with E-state index in [0.29, 0.717) is 29.1 Å². The van der Waals surface area contributed by atoms with Crippen LogP contribution in [0.4, 0.5) is 0 Å². The second-order valence-electron chi connectivity index (χ2n) is 9.51. The van der Waals surface area contributed by atoms with E-state index < -0.39 is 0 Å². The van der Waals surface area contributed by atoms with Crippen LogP contribution >= 0.6 is 0 Å². The smallest absolute Gasteiger partial charge is 0.261 e. The maximum Gasteiger partial charge on any atom is 0.261 e. The van der Waals surface area contributed by atoms with E-state index in [1.54, 1.807) is 31.4 Å². The first-order chi connectivity index (χ1) is 18.0. The van der Waals surface area contributed by atoms with Gasteiger partial charge in [-0.05, 0) is 30.2 Å². The number of amides is 2. The van der Waals surface area contributed by atoms with Gasteiger partial charge in [-0.3, -0.25) is 29.3 Å². The minimum atomic E-state index is -0.284. The van der Waals surface area contributed by atoms with Gasteiger partial charge in [-0.2, -0.15) is 0 Å². The van der Waals surface area contributed by atoms with Crippen LogP contribution in [0.25, 0.3) is 0 Å². The number of ether oxygens (including phenoxy) is 2. The topological polar surface area (TPSA) is 75.2 Å². The predicted octanol–water partition coefficient (Wildman–Crippen LogP) is 3.49. The van der Waals surface area contributed by atoms with Crippen LogP contribution in [-0.2, 0) is 24.4 Å². The van der Waals surface area contributed by atoms with E-state index in [-0.39, 0.29) is 25.2 Å². The first-order valence-corrected chi connectivity index (χ1v) is 12.6. The molecular weight excluding hydrogens is 468 g/mol. The monoisotopic (exact) mass is 500 g/mol. The third-order valence-electron chi connectivity index (χ3n) is 7.03. The molecule has 0 unspecified atom stereocenters. The molecule has 2 aromatic carbocycles. The zero-order valence-corrected chi connectivity index (χ0v) is 21.4. The number of carbonyl (C=O) groups excluding carboxylic acids is 2. The largest absolute Gasteiger partial charge is 0.465 e. The Kier molecular flexibility index (Phi) is 7.60. The number of aromatic nitrogens is 1. The summed E-state index contributed by atoms with van der Waals surface area (Å²) in [6.07, 6.45) is 1.85. The fourth-order valence-electron chi connectivity index (χ4n) is 5.02. The van der Waals surface area contributed by atoms with Crippen molar-refractivity contribution in [1.29, 1.82) is 0 Å². The molecule has 8 nitrogen and oxygen atoms in total. The number of imide groups is 1. The molecule has 3 heterocycles. The van der Waals surface area contributed by atoms with Crippen LogP contribution in [0.2, 0.25) is 0 Å². The quantitative estimate of drug-likeness (QED) is 0.329. The fourth-order valence-corrected chi connectivity index (χ4v) is 5.02. The lowest BCUT2D eigenvalue weighted by atomic mass is 10.1. The zero-order valence-electron chi connectivity index (χ0n) is 21.4. The number of piperazine rings is 1. The lowest BCUT2D eigenvalue weighted by Crippen LogP contribution is -2.45. The minimum absolute atomic E-state index is 0.0548. The SMILES string of the molecule is COCOc1c(C)ncc(CN2CCN(Cc3ccccc3)CC2)c1CN1C(=O)c2ccccc2C1=O. The maximum atomic E-state index is 13.1. The fraction of sp³-hybridized carbons (Fsp3) is 0.345. The standard InChI is InChI=1S/C29H32N4O4/c1-21-27(37-20-36-2)26(19-33-28(34)24-10-6-7-11-25(24)29(33)35)23(16-30-21)18-32-14-12-31(13-15-32)17-22-8-4-3-5-9-22/h3-11,16H,12-15,17-20H2,1-2H3. The summed E-state index contributed by atoms with van der Waals surface area (Å²) in [4.78, 5) is 37.0. The van der Waals surface area contributed by atoms with E-state index in [1.807, 2.05) is 19.2 Å². The number of hydrogen-bond donors (Lipinski definition) is 0. The molecule has 0 spiro atoms. The summed E-state index contributed by atoms with van der Waals surface area (Å²) in [7, 11) is 1.56. The van der Waals surface area contributed by atoms with Gasteiger partial charge in [-0.1, -0.05) is 42.5 Å². The highest BCUT2D eigenvalue weighted by molar-refractivity contribution is 6.21. The average molecular weight is 501 g/mol. The van der Waals surface area contributed by atoms with Gasteiger partial charge in [-0.25, -0.2) is 0 Å². The molecule has 2 amide bonds. The predicted molar refractivity (Wildman–Crippen MR) is 139 cm³/mol. The number of aryl methyl sites for hydroxylation is 1. The van der Waals surface area contributed by atoms with Gasteiger partial charge in [-0.15, -0.1) is 0 Å². The molecule has 0 radical (unpaired) electrons. The summed E-state index contributed by atoms with van der Waals surface area (Å²) in [5.74, 6) is 0.0000796. The summed E-state index contributed by atoms with van der Waals surface area (Å²) in [5.41, 5.74) is 4.64. The third kappa shape index (κ3) is 5.41. The maximum absolute atomic E-state index is 13.1. The average Bonchev–Trinajstić information content (AvgIpc) is 3.16. The van der Waals surface area contributed by atoms with Gasteiger partial charge in [0.2, 0.25) is 0 Å². The van der Waals surface area contributed by atoms with Crippen LogP contribution in [0.1, 0.15) is 43.1 Å². The number of fused-ring (bicyclic) bond motifs is 1. The zero-order chi connectivity index (χ0) is 25.8. The second-order valence-corrected chi connectivity index (χ2v) is 9.51. The number of nitrogens with zero attached hydrogens (tertiary/aromatic N) is 4. The Hall–Kier alpha value is -3.59. The summed E-state index contributed by atoms with van der Waals surface area (Å²) in [6, 6.07) is 17.5.